The summed E-state index contributed by atoms with van der Waals surface area (Å²) in [6.45, 7) is 0.976. The van der Waals surface area contributed by atoms with Crippen molar-refractivity contribution in [2.45, 2.75) is 19.3 Å². The highest BCUT2D eigenvalue weighted by molar-refractivity contribution is 5.98. The van der Waals surface area contributed by atoms with Crippen LogP contribution in [0.4, 0.5) is 4.79 Å². The lowest BCUT2D eigenvalue weighted by atomic mass is 9.91. The molecular weight excluding hydrogens is 212 g/mol. The molecule has 1 heterocycles. The molecule has 0 spiro atoms. The molecule has 6 heteroatoms. The smallest absolute Gasteiger partial charge is 0.409 e. The number of methoxy groups -OCH3 is 1. The van der Waals surface area contributed by atoms with Gasteiger partial charge >= 0.3 is 6.09 Å². The van der Waals surface area contributed by atoms with Gasteiger partial charge in [-0.15, -0.1) is 0 Å². The van der Waals surface area contributed by atoms with Gasteiger partial charge in [0, 0.05) is 19.0 Å². The molecule has 16 heavy (non-hydrogen) atoms. The van der Waals surface area contributed by atoms with Gasteiger partial charge in [0.05, 0.1) is 13.5 Å². The highest BCUT2D eigenvalue weighted by Gasteiger charge is 2.27. The van der Waals surface area contributed by atoms with E-state index in [-0.39, 0.29) is 24.2 Å². The third-order valence-electron chi connectivity index (χ3n) is 2.73. The van der Waals surface area contributed by atoms with E-state index in [1.165, 1.54) is 7.11 Å². The summed E-state index contributed by atoms with van der Waals surface area (Å²) in [7, 11) is 1.33. The number of hydrogen-bond donors (Lipinski definition) is 1. The number of nitrogens with two attached hydrogens (primary N) is 1. The van der Waals surface area contributed by atoms with E-state index >= 15 is 0 Å². The Bertz CT molecular complexity index is 295. The first-order valence-electron chi connectivity index (χ1n) is 5.18. The highest BCUT2D eigenvalue weighted by Crippen LogP contribution is 2.19. The SMILES string of the molecule is COC(=O)N1CCC(C(=O)CC(N)=O)CC1. The minimum atomic E-state index is -0.597. The number of carbonyl (C=O) groups excluding carboxylic acids is 3. The number of amides is 2. The molecule has 0 radical (unpaired) electrons. The fourth-order valence-corrected chi connectivity index (χ4v) is 1.83. The van der Waals surface area contributed by atoms with Gasteiger partial charge in [-0.2, -0.15) is 0 Å². The maximum atomic E-state index is 11.5. The van der Waals surface area contributed by atoms with Crippen molar-refractivity contribution in [3.8, 4) is 0 Å². The Balaban J connectivity index is 2.40. The van der Waals surface area contributed by atoms with Crippen LogP contribution in [0.25, 0.3) is 0 Å². The minimum Gasteiger partial charge on any atom is -0.453 e. The Morgan fingerprint density at radius 3 is 2.31 bits per heavy atom. The van der Waals surface area contributed by atoms with E-state index in [0.717, 1.165) is 0 Å². The Morgan fingerprint density at radius 2 is 1.88 bits per heavy atom. The Kier molecular flexibility index (Phi) is 4.28. The third-order valence-corrected chi connectivity index (χ3v) is 2.73. The zero-order valence-electron chi connectivity index (χ0n) is 9.27. The Labute approximate surface area is 93.7 Å². The predicted molar refractivity (Wildman–Crippen MR) is 55.5 cm³/mol. The minimum absolute atomic E-state index is 0.128. The van der Waals surface area contributed by atoms with Crippen LogP contribution in [0.5, 0.6) is 0 Å². The topological polar surface area (TPSA) is 89.7 Å². The van der Waals surface area contributed by atoms with Gasteiger partial charge in [-0.1, -0.05) is 0 Å². The van der Waals surface area contributed by atoms with Crippen LogP contribution < -0.4 is 5.73 Å². The predicted octanol–water partition coefficient (Wildman–Crippen LogP) is -0.0907. The van der Waals surface area contributed by atoms with Gasteiger partial charge in [0.1, 0.15) is 5.78 Å². The summed E-state index contributed by atoms with van der Waals surface area (Å²) < 4.78 is 4.58. The second-order valence-electron chi connectivity index (χ2n) is 3.84. The van der Waals surface area contributed by atoms with Crippen LogP contribution >= 0.6 is 0 Å². The molecular formula is C10H16N2O4. The lowest BCUT2D eigenvalue weighted by Crippen LogP contribution is -2.40. The van der Waals surface area contributed by atoms with Crippen LogP contribution in [-0.4, -0.2) is 42.9 Å². The molecule has 0 bridgehead atoms. The molecule has 1 rings (SSSR count). The maximum Gasteiger partial charge on any atom is 0.409 e. The summed E-state index contributed by atoms with van der Waals surface area (Å²) >= 11 is 0. The summed E-state index contributed by atoms with van der Waals surface area (Å²) in [6.07, 6.45) is 0.562. The number of rotatable bonds is 3. The first-order chi connectivity index (χ1) is 7.54. The lowest BCUT2D eigenvalue weighted by Gasteiger charge is -2.29. The molecule has 0 atom stereocenters. The number of Topliss-reactive ketones (excluding diaryl/α,β-unsaturated/α-hetero) is 1. The first-order valence-corrected chi connectivity index (χ1v) is 5.18. The van der Waals surface area contributed by atoms with Gasteiger partial charge in [0.15, 0.2) is 0 Å². The van der Waals surface area contributed by atoms with Gasteiger partial charge < -0.3 is 15.4 Å². The normalized spacial score (nSPS) is 16.9. The van der Waals surface area contributed by atoms with Crippen LogP contribution in [0.2, 0.25) is 0 Å². The Morgan fingerprint density at radius 1 is 1.31 bits per heavy atom. The van der Waals surface area contributed by atoms with Crippen molar-refractivity contribution >= 4 is 17.8 Å². The largest absolute Gasteiger partial charge is 0.453 e. The summed E-state index contributed by atoms with van der Waals surface area (Å²) in [6, 6.07) is 0. The van der Waals surface area contributed by atoms with E-state index in [2.05, 4.69) is 4.74 Å². The van der Waals surface area contributed by atoms with Crippen LogP contribution in [0, 0.1) is 5.92 Å². The number of ketones is 1. The van der Waals surface area contributed by atoms with E-state index in [1.807, 2.05) is 0 Å². The quantitative estimate of drug-likeness (QED) is 0.683. The first kappa shape index (κ1) is 12.5. The van der Waals surface area contributed by atoms with Crippen LogP contribution in [0.15, 0.2) is 0 Å². The number of primary amides is 1. The fourth-order valence-electron chi connectivity index (χ4n) is 1.83. The molecule has 1 fully saturated rings. The summed E-state index contributed by atoms with van der Waals surface area (Å²) in [4.78, 5) is 34.8. The van der Waals surface area contributed by atoms with Crippen LogP contribution in [0.3, 0.4) is 0 Å². The lowest BCUT2D eigenvalue weighted by molar-refractivity contribution is -0.129. The second-order valence-corrected chi connectivity index (χ2v) is 3.84. The highest BCUT2D eigenvalue weighted by atomic mass is 16.5. The van der Waals surface area contributed by atoms with Crippen molar-refractivity contribution in [1.29, 1.82) is 0 Å². The van der Waals surface area contributed by atoms with Gasteiger partial charge in [-0.3, -0.25) is 9.59 Å². The van der Waals surface area contributed by atoms with Gasteiger partial charge in [0.2, 0.25) is 5.91 Å². The average molecular weight is 228 g/mol. The van der Waals surface area contributed by atoms with Crippen LogP contribution in [-0.2, 0) is 14.3 Å². The monoisotopic (exact) mass is 228 g/mol. The molecule has 1 aliphatic heterocycles. The van der Waals surface area contributed by atoms with Gasteiger partial charge in [-0.25, -0.2) is 4.79 Å². The van der Waals surface area contributed by atoms with Crippen molar-refractivity contribution in [2.75, 3.05) is 20.2 Å². The van der Waals surface area contributed by atoms with E-state index in [4.69, 9.17) is 5.73 Å². The second kappa shape index (κ2) is 5.48. The average Bonchev–Trinajstić information content (AvgIpc) is 2.27. The molecule has 90 valence electrons. The Hall–Kier alpha value is -1.59. The fraction of sp³-hybridized carbons (Fsp3) is 0.700. The van der Waals surface area contributed by atoms with E-state index < -0.39 is 5.91 Å². The molecule has 2 N–H and O–H groups in total. The van der Waals surface area contributed by atoms with Gasteiger partial charge in [0.25, 0.3) is 0 Å². The number of nitrogens with zero attached hydrogens (tertiary/aromatic N) is 1. The maximum absolute atomic E-state index is 11.5. The summed E-state index contributed by atoms with van der Waals surface area (Å²) in [5.41, 5.74) is 4.95. The number of likely N-dealkylation sites (tertiary alicyclic amines) is 1. The van der Waals surface area contributed by atoms with Crippen molar-refractivity contribution in [1.82, 2.24) is 4.90 Å². The third kappa shape index (κ3) is 3.22. The van der Waals surface area contributed by atoms with E-state index in [0.29, 0.717) is 25.9 Å². The van der Waals surface area contributed by atoms with Crippen molar-refractivity contribution < 1.29 is 19.1 Å². The number of carbonyl (C=O) groups is 3. The van der Waals surface area contributed by atoms with E-state index in [9.17, 15) is 14.4 Å². The summed E-state index contributed by atoms with van der Waals surface area (Å²) in [5.74, 6) is -0.884. The zero-order valence-corrected chi connectivity index (χ0v) is 9.27. The molecule has 2 amide bonds. The number of hydrogen-bond acceptors (Lipinski definition) is 4. The standard InChI is InChI=1S/C10H16N2O4/c1-16-10(15)12-4-2-7(3-5-12)8(13)6-9(11)14/h7H,2-6H2,1H3,(H2,11,14). The summed E-state index contributed by atoms with van der Waals surface area (Å²) in [5, 5.41) is 0. The molecule has 0 aromatic carbocycles. The van der Waals surface area contributed by atoms with Gasteiger partial charge in [-0.05, 0) is 12.8 Å². The molecule has 1 aliphatic rings. The van der Waals surface area contributed by atoms with Crippen LogP contribution in [0.1, 0.15) is 19.3 Å². The number of ether oxygens (including phenoxy) is 1. The van der Waals surface area contributed by atoms with Crippen molar-refractivity contribution in [2.24, 2.45) is 11.7 Å². The molecule has 6 nitrogen and oxygen atoms in total. The molecule has 0 aromatic heterocycles. The molecule has 0 saturated carbocycles. The molecule has 0 aromatic rings. The molecule has 1 saturated heterocycles. The zero-order chi connectivity index (χ0) is 12.1. The van der Waals surface area contributed by atoms with Crippen molar-refractivity contribution in [3.05, 3.63) is 0 Å². The molecule has 0 unspecified atom stereocenters. The van der Waals surface area contributed by atoms with Crippen molar-refractivity contribution in [3.63, 3.8) is 0 Å². The number of piperidine rings is 1. The van der Waals surface area contributed by atoms with E-state index in [1.54, 1.807) is 4.90 Å². The molecule has 0 aliphatic carbocycles.